The Balaban J connectivity index is 1.69. The monoisotopic (exact) mass is 392 g/mol. The number of rotatable bonds is 9. The Morgan fingerprint density at radius 1 is 0.929 bits per heavy atom. The van der Waals surface area contributed by atoms with Gasteiger partial charge in [-0.1, -0.05) is 44.9 Å². The van der Waals surface area contributed by atoms with E-state index in [0.717, 1.165) is 24.3 Å². The quantitative estimate of drug-likeness (QED) is 0.606. The lowest BCUT2D eigenvalue weighted by Crippen LogP contribution is -2.45. The van der Waals surface area contributed by atoms with Crippen LogP contribution in [0.3, 0.4) is 0 Å². The zero-order chi connectivity index (χ0) is 19.8. The highest BCUT2D eigenvalue weighted by atomic mass is 16.5. The SMILES string of the molecule is CCNC(=O)CO[C@H](C1CCCCC1)[C@H](CNC)C1CCC2CCCCC2C1. The van der Waals surface area contributed by atoms with Crippen LogP contribution in [-0.2, 0) is 9.53 Å². The first kappa shape index (κ1) is 22.1. The summed E-state index contributed by atoms with van der Waals surface area (Å²) >= 11 is 0. The van der Waals surface area contributed by atoms with Gasteiger partial charge in [-0.05, 0) is 69.7 Å². The molecule has 4 heteroatoms. The van der Waals surface area contributed by atoms with Crippen LogP contribution in [0.4, 0.5) is 0 Å². The van der Waals surface area contributed by atoms with Gasteiger partial charge in [0.25, 0.3) is 0 Å². The second kappa shape index (κ2) is 11.5. The molecule has 0 aromatic heterocycles. The number of carbonyl (C=O) groups is 1. The Labute approximate surface area is 172 Å². The van der Waals surface area contributed by atoms with E-state index in [1.807, 2.05) is 6.92 Å². The second-order valence-corrected chi connectivity index (χ2v) is 9.73. The van der Waals surface area contributed by atoms with Crippen LogP contribution < -0.4 is 10.6 Å². The van der Waals surface area contributed by atoms with Crippen LogP contribution in [0.15, 0.2) is 0 Å². The maximum absolute atomic E-state index is 12.1. The largest absolute Gasteiger partial charge is 0.368 e. The summed E-state index contributed by atoms with van der Waals surface area (Å²) in [5, 5.41) is 6.40. The van der Waals surface area contributed by atoms with Crippen LogP contribution in [0.25, 0.3) is 0 Å². The van der Waals surface area contributed by atoms with E-state index in [2.05, 4.69) is 17.7 Å². The van der Waals surface area contributed by atoms with Gasteiger partial charge in [-0.3, -0.25) is 4.79 Å². The fourth-order valence-corrected chi connectivity index (χ4v) is 6.58. The van der Waals surface area contributed by atoms with Crippen molar-refractivity contribution in [3.63, 3.8) is 0 Å². The van der Waals surface area contributed by atoms with Crippen LogP contribution in [0, 0.1) is 29.6 Å². The van der Waals surface area contributed by atoms with Crippen LogP contribution in [0.5, 0.6) is 0 Å². The van der Waals surface area contributed by atoms with Crippen molar-refractivity contribution in [3.8, 4) is 0 Å². The van der Waals surface area contributed by atoms with Crippen LogP contribution in [0.2, 0.25) is 0 Å². The number of ether oxygens (including phenoxy) is 1. The Morgan fingerprint density at radius 2 is 1.64 bits per heavy atom. The molecule has 3 aliphatic carbocycles. The van der Waals surface area contributed by atoms with Crippen LogP contribution in [0.1, 0.15) is 84.0 Å². The first-order valence-corrected chi connectivity index (χ1v) is 12.3. The van der Waals surface area contributed by atoms with E-state index in [9.17, 15) is 4.79 Å². The summed E-state index contributed by atoms with van der Waals surface area (Å²) in [6, 6.07) is 0. The molecule has 1 amide bonds. The molecular weight excluding hydrogens is 348 g/mol. The zero-order valence-corrected chi connectivity index (χ0v) is 18.4. The van der Waals surface area contributed by atoms with Crippen molar-refractivity contribution in [2.24, 2.45) is 29.6 Å². The van der Waals surface area contributed by atoms with Gasteiger partial charge < -0.3 is 15.4 Å². The van der Waals surface area contributed by atoms with Gasteiger partial charge in [-0.2, -0.15) is 0 Å². The van der Waals surface area contributed by atoms with Gasteiger partial charge in [0.1, 0.15) is 6.61 Å². The first-order chi connectivity index (χ1) is 13.7. The highest BCUT2D eigenvalue weighted by Crippen LogP contribution is 2.46. The lowest BCUT2D eigenvalue weighted by Gasteiger charge is -2.45. The summed E-state index contributed by atoms with van der Waals surface area (Å²) in [5.41, 5.74) is 0. The highest BCUT2D eigenvalue weighted by Gasteiger charge is 2.40. The second-order valence-electron chi connectivity index (χ2n) is 9.73. The maximum atomic E-state index is 12.1. The molecule has 0 aliphatic heterocycles. The Kier molecular flexibility index (Phi) is 9.10. The number of nitrogens with one attached hydrogen (secondary N) is 2. The van der Waals surface area contributed by atoms with E-state index >= 15 is 0 Å². The van der Waals surface area contributed by atoms with Crippen molar-refractivity contribution in [3.05, 3.63) is 0 Å². The third-order valence-electron chi connectivity index (χ3n) is 7.94. The van der Waals surface area contributed by atoms with Gasteiger partial charge in [0.15, 0.2) is 0 Å². The average molecular weight is 393 g/mol. The molecule has 3 aliphatic rings. The molecule has 2 N–H and O–H groups in total. The molecule has 3 rings (SSSR count). The lowest BCUT2D eigenvalue weighted by molar-refractivity contribution is -0.133. The molecule has 0 saturated heterocycles. The summed E-state index contributed by atoms with van der Waals surface area (Å²) in [4.78, 5) is 12.1. The maximum Gasteiger partial charge on any atom is 0.246 e. The minimum atomic E-state index is 0.0440. The van der Waals surface area contributed by atoms with Gasteiger partial charge in [-0.15, -0.1) is 0 Å². The number of hydrogen-bond donors (Lipinski definition) is 2. The predicted molar refractivity (Wildman–Crippen MR) is 115 cm³/mol. The van der Waals surface area contributed by atoms with Crippen molar-refractivity contribution in [1.82, 2.24) is 10.6 Å². The topological polar surface area (TPSA) is 50.4 Å². The van der Waals surface area contributed by atoms with E-state index in [1.54, 1.807) is 0 Å². The van der Waals surface area contributed by atoms with E-state index in [0.29, 0.717) is 18.4 Å². The Bertz CT molecular complexity index is 464. The molecule has 0 aromatic carbocycles. The highest BCUT2D eigenvalue weighted by molar-refractivity contribution is 5.77. The first-order valence-electron chi connectivity index (χ1n) is 12.3. The van der Waals surface area contributed by atoms with Crippen LogP contribution in [-0.4, -0.2) is 38.8 Å². The number of amides is 1. The zero-order valence-electron chi connectivity index (χ0n) is 18.4. The van der Waals surface area contributed by atoms with Gasteiger partial charge in [0.05, 0.1) is 6.10 Å². The minimum absolute atomic E-state index is 0.0440. The molecule has 162 valence electrons. The van der Waals surface area contributed by atoms with Crippen molar-refractivity contribution in [2.75, 3.05) is 26.7 Å². The molecule has 28 heavy (non-hydrogen) atoms. The lowest BCUT2D eigenvalue weighted by atomic mass is 9.63. The third kappa shape index (κ3) is 5.95. The van der Waals surface area contributed by atoms with E-state index in [4.69, 9.17) is 4.74 Å². The van der Waals surface area contributed by atoms with E-state index in [-0.39, 0.29) is 18.6 Å². The van der Waals surface area contributed by atoms with Gasteiger partial charge >= 0.3 is 0 Å². The fraction of sp³-hybridized carbons (Fsp3) is 0.958. The molecular formula is C24H44N2O2. The standard InChI is InChI=1S/C24H44N2O2/c1-3-26-23(27)17-28-24(19-10-5-4-6-11-19)22(16-25-2)21-14-13-18-9-7-8-12-20(18)15-21/h18-22,24-25H,3-17H2,1-2H3,(H,26,27)/t18?,20?,21?,22-,24-/m1/s1. The molecule has 4 nitrogen and oxygen atoms in total. The number of carbonyl (C=O) groups excluding carboxylic acids is 1. The smallest absolute Gasteiger partial charge is 0.246 e. The predicted octanol–water partition coefficient (Wildman–Crippen LogP) is 4.53. The molecule has 0 heterocycles. The van der Waals surface area contributed by atoms with Crippen LogP contribution >= 0.6 is 0 Å². The third-order valence-corrected chi connectivity index (χ3v) is 7.94. The summed E-state index contributed by atoms with van der Waals surface area (Å²) in [5.74, 6) is 3.92. The molecule has 5 atom stereocenters. The number of fused-ring (bicyclic) bond motifs is 1. The van der Waals surface area contributed by atoms with E-state index in [1.165, 1.54) is 77.0 Å². The van der Waals surface area contributed by atoms with Crippen molar-refractivity contribution in [2.45, 2.75) is 90.1 Å². The fourth-order valence-electron chi connectivity index (χ4n) is 6.58. The van der Waals surface area contributed by atoms with Crippen molar-refractivity contribution in [1.29, 1.82) is 0 Å². The molecule has 3 saturated carbocycles. The Hall–Kier alpha value is -0.610. The van der Waals surface area contributed by atoms with Gasteiger partial charge in [0, 0.05) is 19.0 Å². The summed E-state index contributed by atoms with van der Waals surface area (Å²) < 4.78 is 6.45. The van der Waals surface area contributed by atoms with Crippen molar-refractivity contribution >= 4 is 5.91 Å². The molecule has 0 aromatic rings. The van der Waals surface area contributed by atoms with Crippen molar-refractivity contribution < 1.29 is 9.53 Å². The van der Waals surface area contributed by atoms with Gasteiger partial charge in [-0.25, -0.2) is 0 Å². The average Bonchev–Trinajstić information content (AvgIpc) is 2.74. The molecule has 0 radical (unpaired) electrons. The summed E-state index contributed by atoms with van der Waals surface area (Å²) in [6.07, 6.45) is 16.8. The van der Waals surface area contributed by atoms with Gasteiger partial charge in [0.2, 0.25) is 5.91 Å². The Morgan fingerprint density at radius 3 is 2.36 bits per heavy atom. The molecule has 3 unspecified atom stereocenters. The minimum Gasteiger partial charge on any atom is -0.368 e. The number of hydrogen-bond acceptors (Lipinski definition) is 3. The summed E-state index contributed by atoms with van der Waals surface area (Å²) in [6.45, 7) is 3.91. The molecule has 0 spiro atoms. The normalized spacial score (nSPS) is 31.0. The molecule has 3 fully saturated rings. The number of likely N-dealkylation sites (N-methyl/N-ethyl adjacent to an activating group) is 1. The van der Waals surface area contributed by atoms with E-state index < -0.39 is 0 Å². The summed E-state index contributed by atoms with van der Waals surface area (Å²) in [7, 11) is 2.08. The molecule has 0 bridgehead atoms.